The Hall–Kier alpha value is -2.28. The van der Waals surface area contributed by atoms with Gasteiger partial charge in [0.2, 0.25) is 0 Å². The zero-order valence-corrected chi connectivity index (χ0v) is 12.4. The van der Waals surface area contributed by atoms with Crippen LogP contribution in [0.1, 0.15) is 24.2 Å². The van der Waals surface area contributed by atoms with Crippen LogP contribution in [0.25, 0.3) is 5.69 Å². The van der Waals surface area contributed by atoms with Crippen LogP contribution in [0.15, 0.2) is 30.9 Å². The zero-order chi connectivity index (χ0) is 15.5. The van der Waals surface area contributed by atoms with Crippen molar-refractivity contribution in [2.45, 2.75) is 13.8 Å². The van der Waals surface area contributed by atoms with Crippen molar-refractivity contribution in [2.75, 3.05) is 20.2 Å². The number of carbonyl (C=O) groups is 1. The molecule has 0 atom stereocenters. The van der Waals surface area contributed by atoms with E-state index < -0.39 is 0 Å². The molecule has 1 N–H and O–H groups in total. The predicted octanol–water partition coefficient (Wildman–Crippen LogP) is 0.753. The molecule has 112 valence electrons. The van der Waals surface area contributed by atoms with Gasteiger partial charge >= 0.3 is 0 Å². The third-order valence-electron chi connectivity index (χ3n) is 3.10. The van der Waals surface area contributed by atoms with Crippen LogP contribution in [0.3, 0.4) is 0 Å². The lowest BCUT2D eigenvalue weighted by atomic mass is 9.94. The first-order chi connectivity index (χ1) is 9.93. The quantitative estimate of drug-likeness (QED) is 0.878. The predicted molar refractivity (Wildman–Crippen MR) is 77.0 cm³/mol. The van der Waals surface area contributed by atoms with Crippen LogP contribution >= 0.6 is 0 Å². The van der Waals surface area contributed by atoms with Crippen LogP contribution in [0.5, 0.6) is 0 Å². The second-order valence-electron chi connectivity index (χ2n) is 5.76. The summed E-state index contributed by atoms with van der Waals surface area (Å²) in [5, 5.41) is 16.9. The molecule has 7 heteroatoms. The summed E-state index contributed by atoms with van der Waals surface area (Å²) in [7, 11) is 1.71. The zero-order valence-electron chi connectivity index (χ0n) is 12.4. The average molecular weight is 289 g/mol. The van der Waals surface area contributed by atoms with Gasteiger partial charge in [0.25, 0.3) is 5.91 Å². The summed E-state index contributed by atoms with van der Waals surface area (Å²) >= 11 is 0. The van der Waals surface area contributed by atoms with Gasteiger partial charge in [-0.1, -0.05) is 19.1 Å². The van der Waals surface area contributed by atoms with Crippen LogP contribution in [0.4, 0.5) is 0 Å². The summed E-state index contributed by atoms with van der Waals surface area (Å²) < 4.78 is 1.54. The van der Waals surface area contributed by atoms with Gasteiger partial charge in [0.15, 0.2) is 0 Å². The number of hydrogen-bond acceptors (Lipinski definition) is 5. The molecular weight excluding hydrogens is 270 g/mol. The molecule has 0 saturated carbocycles. The van der Waals surface area contributed by atoms with Gasteiger partial charge < -0.3 is 10.0 Å². The van der Waals surface area contributed by atoms with E-state index >= 15 is 0 Å². The topological polar surface area (TPSA) is 84.1 Å². The van der Waals surface area contributed by atoms with Crippen molar-refractivity contribution >= 4 is 5.91 Å². The standard InChI is InChI=1S/C14H19N5O2/c1-14(2,10-20)9-18(3)13(21)11-6-12(8-15-7-11)19-5-4-16-17-19/h4-8,20H,9-10H2,1-3H3. The lowest BCUT2D eigenvalue weighted by Gasteiger charge is -2.28. The van der Waals surface area contributed by atoms with Crippen LogP contribution in [-0.2, 0) is 0 Å². The summed E-state index contributed by atoms with van der Waals surface area (Å²) in [6.45, 7) is 4.28. The summed E-state index contributed by atoms with van der Waals surface area (Å²) in [5.74, 6) is -0.147. The number of aliphatic hydroxyl groups is 1. The van der Waals surface area contributed by atoms with Gasteiger partial charge in [-0.25, -0.2) is 4.68 Å². The highest BCUT2D eigenvalue weighted by Crippen LogP contribution is 2.17. The minimum absolute atomic E-state index is 0.0157. The maximum Gasteiger partial charge on any atom is 0.255 e. The Balaban J connectivity index is 2.18. The fraction of sp³-hybridized carbons (Fsp3) is 0.429. The lowest BCUT2D eigenvalue weighted by molar-refractivity contribution is 0.0663. The van der Waals surface area contributed by atoms with Crippen molar-refractivity contribution in [2.24, 2.45) is 5.41 Å². The minimum atomic E-state index is -0.346. The molecule has 0 aliphatic heterocycles. The van der Waals surface area contributed by atoms with Crippen LogP contribution < -0.4 is 0 Å². The van der Waals surface area contributed by atoms with Crippen LogP contribution in [0, 0.1) is 5.41 Å². The number of aromatic nitrogens is 4. The monoisotopic (exact) mass is 289 g/mol. The molecule has 2 aromatic heterocycles. The SMILES string of the molecule is CN(CC(C)(C)CO)C(=O)c1cncc(-n2ccnn2)c1. The second kappa shape index (κ2) is 6.01. The number of hydrogen-bond donors (Lipinski definition) is 1. The smallest absolute Gasteiger partial charge is 0.255 e. The fourth-order valence-corrected chi connectivity index (χ4v) is 2.00. The first-order valence-electron chi connectivity index (χ1n) is 6.61. The average Bonchev–Trinajstić information content (AvgIpc) is 3.00. The highest BCUT2D eigenvalue weighted by Gasteiger charge is 2.23. The van der Waals surface area contributed by atoms with E-state index in [0.29, 0.717) is 17.8 Å². The van der Waals surface area contributed by atoms with E-state index in [-0.39, 0.29) is 17.9 Å². The van der Waals surface area contributed by atoms with Crippen molar-refractivity contribution in [3.05, 3.63) is 36.4 Å². The molecule has 2 rings (SSSR count). The molecule has 0 fully saturated rings. The molecule has 0 saturated heterocycles. The number of pyridine rings is 1. The van der Waals surface area contributed by atoms with E-state index in [9.17, 15) is 9.90 Å². The summed E-state index contributed by atoms with van der Waals surface area (Å²) in [4.78, 5) is 18.1. The molecule has 0 aliphatic carbocycles. The molecule has 0 spiro atoms. The Morgan fingerprint density at radius 3 is 2.81 bits per heavy atom. The molecule has 0 unspecified atom stereocenters. The first kappa shape index (κ1) is 15.1. The van der Waals surface area contributed by atoms with E-state index in [2.05, 4.69) is 15.3 Å². The lowest BCUT2D eigenvalue weighted by Crippen LogP contribution is -2.37. The van der Waals surface area contributed by atoms with Gasteiger partial charge in [-0.15, -0.1) is 5.10 Å². The maximum atomic E-state index is 12.4. The van der Waals surface area contributed by atoms with Crippen molar-refractivity contribution in [3.63, 3.8) is 0 Å². The number of nitrogens with zero attached hydrogens (tertiary/aromatic N) is 5. The summed E-state index contributed by atoms with van der Waals surface area (Å²) in [6.07, 6.45) is 6.38. The fourth-order valence-electron chi connectivity index (χ4n) is 2.00. The Bertz CT molecular complexity index is 610. The molecule has 7 nitrogen and oxygen atoms in total. The van der Waals surface area contributed by atoms with Crippen molar-refractivity contribution < 1.29 is 9.90 Å². The Labute approximate surface area is 123 Å². The van der Waals surface area contributed by atoms with Crippen LogP contribution in [-0.4, -0.2) is 56.1 Å². The van der Waals surface area contributed by atoms with E-state index in [4.69, 9.17) is 0 Å². The Morgan fingerprint density at radius 2 is 2.19 bits per heavy atom. The minimum Gasteiger partial charge on any atom is -0.396 e. The van der Waals surface area contributed by atoms with Gasteiger partial charge in [0.1, 0.15) is 0 Å². The van der Waals surface area contributed by atoms with E-state index in [1.807, 2.05) is 13.8 Å². The van der Waals surface area contributed by atoms with Crippen molar-refractivity contribution in [1.82, 2.24) is 24.9 Å². The Kier molecular flexibility index (Phi) is 4.32. The molecular formula is C14H19N5O2. The molecule has 0 aromatic carbocycles. The molecule has 0 bridgehead atoms. The third kappa shape index (κ3) is 3.63. The van der Waals surface area contributed by atoms with Crippen molar-refractivity contribution in [3.8, 4) is 5.69 Å². The molecule has 2 heterocycles. The number of rotatable bonds is 5. The number of aliphatic hydroxyl groups excluding tert-OH is 1. The maximum absolute atomic E-state index is 12.4. The van der Waals surface area contributed by atoms with Gasteiger partial charge in [-0.05, 0) is 6.07 Å². The highest BCUT2D eigenvalue weighted by atomic mass is 16.3. The highest BCUT2D eigenvalue weighted by molar-refractivity contribution is 5.94. The third-order valence-corrected chi connectivity index (χ3v) is 3.10. The molecule has 1 amide bonds. The molecule has 2 aromatic rings. The van der Waals surface area contributed by atoms with E-state index in [0.717, 1.165) is 0 Å². The van der Waals surface area contributed by atoms with Crippen LogP contribution in [0.2, 0.25) is 0 Å². The summed E-state index contributed by atoms with van der Waals surface area (Å²) in [5.41, 5.74) is 0.800. The van der Waals surface area contributed by atoms with Gasteiger partial charge in [-0.3, -0.25) is 9.78 Å². The van der Waals surface area contributed by atoms with E-state index in [1.165, 1.54) is 6.20 Å². The van der Waals surface area contributed by atoms with Gasteiger partial charge in [0.05, 0.1) is 29.8 Å². The normalized spacial score (nSPS) is 11.4. The number of amides is 1. The number of carbonyl (C=O) groups excluding carboxylic acids is 1. The summed E-state index contributed by atoms with van der Waals surface area (Å²) in [6, 6.07) is 1.71. The molecule has 21 heavy (non-hydrogen) atoms. The second-order valence-corrected chi connectivity index (χ2v) is 5.76. The molecule has 0 aliphatic rings. The largest absolute Gasteiger partial charge is 0.396 e. The molecule has 0 radical (unpaired) electrons. The van der Waals surface area contributed by atoms with E-state index in [1.54, 1.807) is 41.3 Å². The van der Waals surface area contributed by atoms with Gasteiger partial charge in [0, 0.05) is 31.8 Å². The van der Waals surface area contributed by atoms with Gasteiger partial charge in [-0.2, -0.15) is 0 Å². The first-order valence-corrected chi connectivity index (χ1v) is 6.61. The Morgan fingerprint density at radius 1 is 1.43 bits per heavy atom. The van der Waals surface area contributed by atoms with Crippen molar-refractivity contribution in [1.29, 1.82) is 0 Å².